The van der Waals surface area contributed by atoms with Gasteiger partial charge in [-0.15, -0.1) is 10.1 Å². The first-order valence-corrected chi connectivity index (χ1v) is 9.80. The van der Waals surface area contributed by atoms with Crippen molar-refractivity contribution in [3.8, 4) is 0 Å². The van der Waals surface area contributed by atoms with Crippen LogP contribution < -0.4 is 0 Å². The molecule has 9 heteroatoms. The average molecular weight is 417 g/mol. The van der Waals surface area contributed by atoms with Gasteiger partial charge in [0.2, 0.25) is 0 Å². The number of benzene rings is 1. The van der Waals surface area contributed by atoms with E-state index < -0.39 is 5.09 Å². The lowest BCUT2D eigenvalue weighted by molar-refractivity contribution is -0.742. The van der Waals surface area contributed by atoms with Crippen LogP contribution in [0.15, 0.2) is 30.9 Å². The first kappa shape index (κ1) is 23.2. The molecule has 0 aliphatic carbocycles. The molecule has 1 unspecified atom stereocenters. The molecule has 150 valence electrons. The molecule has 2 aromatic rings. The number of rotatable bonds is 10. The van der Waals surface area contributed by atoms with E-state index in [1.165, 1.54) is 38.5 Å². The lowest BCUT2D eigenvalue weighted by Gasteiger charge is -2.19. The maximum absolute atomic E-state index is 8.36. The third-order valence-electron chi connectivity index (χ3n) is 4.18. The van der Waals surface area contributed by atoms with Crippen molar-refractivity contribution in [2.24, 2.45) is 0 Å². The van der Waals surface area contributed by atoms with Crippen LogP contribution in [0, 0.1) is 10.1 Å². The van der Waals surface area contributed by atoms with Crippen LogP contribution in [0.2, 0.25) is 10.0 Å². The Morgan fingerprint density at radius 2 is 1.89 bits per heavy atom. The number of halogens is 2. The summed E-state index contributed by atoms with van der Waals surface area (Å²) in [6.07, 6.45) is 12.2. The summed E-state index contributed by atoms with van der Waals surface area (Å²) in [6.45, 7) is 3.05. The fourth-order valence-corrected chi connectivity index (χ4v) is 3.46. The second-order valence-corrected chi connectivity index (χ2v) is 7.12. The van der Waals surface area contributed by atoms with E-state index in [0.29, 0.717) is 10.9 Å². The average Bonchev–Trinajstić information content (AvgIpc) is 3.10. The van der Waals surface area contributed by atoms with Crippen molar-refractivity contribution in [3.05, 3.63) is 56.6 Å². The van der Waals surface area contributed by atoms with Gasteiger partial charge in [0.1, 0.15) is 12.7 Å². The Bertz CT molecular complexity index is 665. The summed E-state index contributed by atoms with van der Waals surface area (Å²) in [6, 6.07) is 5.79. The van der Waals surface area contributed by atoms with Gasteiger partial charge in [0.25, 0.3) is 5.09 Å². The van der Waals surface area contributed by atoms with E-state index in [2.05, 4.69) is 17.0 Å². The Morgan fingerprint density at radius 1 is 1.22 bits per heavy atom. The Kier molecular flexibility index (Phi) is 11.4. The van der Waals surface area contributed by atoms with E-state index in [1.807, 2.05) is 22.9 Å². The number of hydrogen-bond donors (Lipinski definition) is 1. The molecule has 0 aliphatic heterocycles. The first-order chi connectivity index (χ1) is 12.9. The number of nitrogens with zero attached hydrogens (tertiary/aromatic N) is 4. The smallest absolute Gasteiger partial charge is 0.291 e. The maximum atomic E-state index is 8.36. The van der Waals surface area contributed by atoms with E-state index in [4.69, 9.17) is 38.5 Å². The van der Waals surface area contributed by atoms with Crippen LogP contribution in [0.1, 0.15) is 63.4 Å². The van der Waals surface area contributed by atoms with Crippen molar-refractivity contribution < 1.29 is 10.3 Å². The molecule has 7 nitrogen and oxygen atoms in total. The Hall–Kier alpha value is -1.86. The zero-order chi connectivity index (χ0) is 20.1. The Morgan fingerprint density at radius 3 is 2.48 bits per heavy atom. The van der Waals surface area contributed by atoms with Gasteiger partial charge in [-0.05, 0) is 24.1 Å². The third kappa shape index (κ3) is 10.2. The molecular formula is C18H26Cl2N4O3. The summed E-state index contributed by atoms with van der Waals surface area (Å²) in [5.74, 6) is 0.340. The normalized spacial score (nSPS) is 11.5. The fourth-order valence-electron chi connectivity index (χ4n) is 2.90. The summed E-state index contributed by atoms with van der Waals surface area (Å²) in [7, 11) is 0. The van der Waals surface area contributed by atoms with E-state index in [1.54, 1.807) is 12.7 Å². The molecule has 27 heavy (non-hydrogen) atoms. The zero-order valence-electron chi connectivity index (χ0n) is 15.4. The Labute approximate surface area is 169 Å². The van der Waals surface area contributed by atoms with Gasteiger partial charge in [-0.25, -0.2) is 4.98 Å². The first-order valence-electron chi connectivity index (χ1n) is 9.04. The highest BCUT2D eigenvalue weighted by molar-refractivity contribution is 6.35. The van der Waals surface area contributed by atoms with Gasteiger partial charge in [-0.1, -0.05) is 74.7 Å². The van der Waals surface area contributed by atoms with Crippen molar-refractivity contribution in [3.63, 3.8) is 0 Å². The fraction of sp³-hybridized carbons (Fsp3) is 0.556. The van der Waals surface area contributed by atoms with Crippen LogP contribution in [0.25, 0.3) is 0 Å². The summed E-state index contributed by atoms with van der Waals surface area (Å²) in [5.41, 5.74) is 1.15. The summed E-state index contributed by atoms with van der Waals surface area (Å²) >= 11 is 12.4. The van der Waals surface area contributed by atoms with Crippen molar-refractivity contribution in [1.29, 1.82) is 0 Å². The molecule has 0 saturated carbocycles. The predicted octanol–water partition coefficient (Wildman–Crippen LogP) is 5.77. The van der Waals surface area contributed by atoms with Crippen molar-refractivity contribution >= 4 is 23.2 Å². The molecule has 1 heterocycles. The molecule has 0 spiro atoms. The minimum absolute atomic E-state index is 0.340. The van der Waals surface area contributed by atoms with Gasteiger partial charge >= 0.3 is 0 Å². The quantitative estimate of drug-likeness (QED) is 0.301. The van der Waals surface area contributed by atoms with Gasteiger partial charge in [-0.2, -0.15) is 5.10 Å². The molecule has 0 amide bonds. The second-order valence-electron chi connectivity index (χ2n) is 6.27. The number of aromatic nitrogens is 3. The lowest BCUT2D eigenvalue weighted by atomic mass is 9.92. The topological polar surface area (TPSA) is 94.1 Å². The summed E-state index contributed by atoms with van der Waals surface area (Å²) in [5, 5.41) is 19.3. The van der Waals surface area contributed by atoms with Gasteiger partial charge in [0.15, 0.2) is 0 Å². The number of hydrogen-bond acceptors (Lipinski definition) is 4. The Balaban J connectivity index is 0.000000828. The highest BCUT2D eigenvalue weighted by atomic mass is 35.5. The van der Waals surface area contributed by atoms with Gasteiger partial charge < -0.3 is 5.21 Å². The molecule has 0 aliphatic rings. The molecule has 0 bridgehead atoms. The second kappa shape index (κ2) is 13.3. The third-order valence-corrected chi connectivity index (χ3v) is 4.74. The molecule has 1 aromatic heterocycles. The molecule has 0 saturated heterocycles. The minimum atomic E-state index is -1.50. The van der Waals surface area contributed by atoms with Crippen LogP contribution in [-0.2, 0) is 6.54 Å². The molecule has 0 fully saturated rings. The molecule has 1 atom stereocenters. The largest absolute Gasteiger partial charge is 0.328 e. The molecule has 1 aromatic carbocycles. The molecule has 1 N–H and O–H groups in total. The van der Waals surface area contributed by atoms with E-state index in [0.717, 1.165) is 23.6 Å². The highest BCUT2D eigenvalue weighted by Crippen LogP contribution is 2.32. The van der Waals surface area contributed by atoms with E-state index >= 15 is 0 Å². The summed E-state index contributed by atoms with van der Waals surface area (Å²) < 4.78 is 1.88. The summed E-state index contributed by atoms with van der Waals surface area (Å²) in [4.78, 5) is 12.4. The predicted molar refractivity (Wildman–Crippen MR) is 106 cm³/mol. The van der Waals surface area contributed by atoms with Crippen LogP contribution in [0.3, 0.4) is 0 Å². The van der Waals surface area contributed by atoms with Gasteiger partial charge in [0, 0.05) is 22.5 Å². The van der Waals surface area contributed by atoms with Crippen LogP contribution in [0.4, 0.5) is 0 Å². The van der Waals surface area contributed by atoms with Crippen molar-refractivity contribution in [1.82, 2.24) is 14.8 Å². The maximum Gasteiger partial charge on any atom is 0.291 e. The molecule has 0 radical (unpaired) electrons. The number of unbranched alkanes of at least 4 members (excludes halogenated alkanes) is 5. The molecular weight excluding hydrogens is 391 g/mol. The van der Waals surface area contributed by atoms with Crippen molar-refractivity contribution in [2.75, 3.05) is 0 Å². The lowest BCUT2D eigenvalue weighted by Crippen LogP contribution is -2.10. The van der Waals surface area contributed by atoms with Crippen molar-refractivity contribution in [2.45, 2.75) is 64.3 Å². The minimum Gasteiger partial charge on any atom is -0.328 e. The standard InChI is InChI=1S/C18H25Cl2N3.HNO3/c1-2-3-4-5-6-7-8-15(12-23-14-21-13-22-23)17-10-9-16(19)11-18(17)20;2-1(3)4/h9-11,13-15H,2-8,12H2,1H3;(H,2,3,4). The van der Waals surface area contributed by atoms with E-state index in [-0.39, 0.29) is 0 Å². The SMILES string of the molecule is CCCCCCCCC(Cn1cncn1)c1ccc(Cl)cc1Cl.O=[N+]([O-])O. The van der Waals surface area contributed by atoms with Gasteiger partial charge in [-0.3, -0.25) is 4.68 Å². The van der Waals surface area contributed by atoms with Crippen LogP contribution in [0.5, 0.6) is 0 Å². The van der Waals surface area contributed by atoms with Crippen LogP contribution in [-0.4, -0.2) is 25.1 Å². The highest BCUT2D eigenvalue weighted by Gasteiger charge is 2.16. The van der Waals surface area contributed by atoms with Gasteiger partial charge in [0.05, 0.1) is 0 Å². The molecule has 2 rings (SSSR count). The van der Waals surface area contributed by atoms with E-state index in [9.17, 15) is 0 Å². The zero-order valence-corrected chi connectivity index (χ0v) is 16.9. The monoisotopic (exact) mass is 416 g/mol. The van der Waals surface area contributed by atoms with Crippen LogP contribution >= 0.6 is 23.2 Å².